The number of ether oxygens (including phenoxy) is 1. The first-order valence-electron chi connectivity index (χ1n) is 6.07. The van der Waals surface area contributed by atoms with Gasteiger partial charge in [0.1, 0.15) is 16.9 Å². The van der Waals surface area contributed by atoms with E-state index in [2.05, 4.69) is 11.9 Å². The van der Waals surface area contributed by atoms with Gasteiger partial charge in [0.15, 0.2) is 0 Å². The molecule has 1 heterocycles. The molecule has 2 rings (SSSR count). The number of hydrogen-bond donors (Lipinski definition) is 0. The fraction of sp³-hybridized carbons (Fsp3) is 0.357. The molecule has 0 saturated carbocycles. The summed E-state index contributed by atoms with van der Waals surface area (Å²) in [5.41, 5.74) is 2.00. The average Bonchev–Trinajstić information content (AvgIpc) is 2.86. The quantitative estimate of drug-likeness (QED) is 0.691. The van der Waals surface area contributed by atoms with Gasteiger partial charge in [0.2, 0.25) is 0 Å². The first kappa shape index (κ1) is 14.6. The molecule has 102 valence electrons. The van der Waals surface area contributed by atoms with Crippen LogP contribution in [0.15, 0.2) is 23.6 Å². The molecule has 1 aromatic carbocycles. The molecule has 0 aliphatic carbocycles. The monoisotopic (exact) mass is 315 g/mol. The Balaban J connectivity index is 2.18. The second-order valence-electron chi connectivity index (χ2n) is 4.26. The molecule has 2 aromatic rings. The highest BCUT2D eigenvalue weighted by molar-refractivity contribution is 7.09. The molecule has 0 N–H and O–H groups in total. The van der Waals surface area contributed by atoms with Crippen LogP contribution in [0.3, 0.4) is 0 Å². The van der Waals surface area contributed by atoms with E-state index in [0.29, 0.717) is 16.7 Å². The number of benzene rings is 1. The number of alkyl halides is 1. The molecule has 0 fully saturated rings. The van der Waals surface area contributed by atoms with Crippen molar-refractivity contribution in [2.45, 2.75) is 32.3 Å². The zero-order valence-electron chi connectivity index (χ0n) is 10.8. The predicted octanol–water partition coefficient (Wildman–Crippen LogP) is 5.37. The van der Waals surface area contributed by atoms with Gasteiger partial charge in [-0.1, -0.05) is 24.6 Å². The van der Waals surface area contributed by atoms with Crippen molar-refractivity contribution in [1.82, 2.24) is 4.98 Å². The van der Waals surface area contributed by atoms with Gasteiger partial charge in [-0.2, -0.15) is 0 Å². The Morgan fingerprint density at radius 1 is 1.42 bits per heavy atom. The lowest BCUT2D eigenvalue weighted by atomic mass is 10.2. The largest absolute Gasteiger partial charge is 0.482 e. The van der Waals surface area contributed by atoms with Crippen molar-refractivity contribution < 1.29 is 4.74 Å². The molecule has 0 saturated heterocycles. The standard InChI is InChI=1S/C14H15Cl2NOS/c1-3-12(14-17-10(7-15)8-19-14)18-13-5-4-9(2)6-11(13)16/h4-6,8,12H,3,7H2,1-2H3. The van der Waals surface area contributed by atoms with Crippen molar-refractivity contribution in [3.8, 4) is 5.75 Å². The maximum Gasteiger partial charge on any atom is 0.150 e. The molecule has 5 heteroatoms. The molecule has 19 heavy (non-hydrogen) atoms. The summed E-state index contributed by atoms with van der Waals surface area (Å²) in [6, 6.07) is 5.78. The number of hydrogen-bond acceptors (Lipinski definition) is 3. The third-order valence-electron chi connectivity index (χ3n) is 2.71. The molecule has 1 unspecified atom stereocenters. The van der Waals surface area contributed by atoms with Gasteiger partial charge in [0.25, 0.3) is 0 Å². The maximum absolute atomic E-state index is 6.19. The number of aryl methyl sites for hydroxylation is 1. The zero-order chi connectivity index (χ0) is 13.8. The molecule has 0 spiro atoms. The summed E-state index contributed by atoms with van der Waals surface area (Å²) >= 11 is 13.5. The highest BCUT2D eigenvalue weighted by Crippen LogP contribution is 2.32. The molecule has 2 nitrogen and oxygen atoms in total. The Labute approximate surface area is 127 Å². The molecular weight excluding hydrogens is 301 g/mol. The molecular formula is C14H15Cl2NOS. The number of aromatic nitrogens is 1. The van der Waals surface area contributed by atoms with Crippen LogP contribution in [-0.2, 0) is 5.88 Å². The van der Waals surface area contributed by atoms with Crippen LogP contribution in [0.2, 0.25) is 5.02 Å². The van der Waals surface area contributed by atoms with Crippen LogP contribution in [0.5, 0.6) is 5.75 Å². The van der Waals surface area contributed by atoms with Crippen LogP contribution in [0.4, 0.5) is 0 Å². The summed E-state index contributed by atoms with van der Waals surface area (Å²) in [6.45, 7) is 4.06. The maximum atomic E-state index is 6.19. The van der Waals surface area contributed by atoms with Crippen LogP contribution in [0.25, 0.3) is 0 Å². The van der Waals surface area contributed by atoms with Gasteiger partial charge in [-0.25, -0.2) is 4.98 Å². The Morgan fingerprint density at radius 3 is 2.79 bits per heavy atom. The van der Waals surface area contributed by atoms with Gasteiger partial charge >= 0.3 is 0 Å². The van der Waals surface area contributed by atoms with Crippen molar-refractivity contribution in [3.05, 3.63) is 44.9 Å². The van der Waals surface area contributed by atoms with Crippen molar-refractivity contribution in [1.29, 1.82) is 0 Å². The first-order chi connectivity index (χ1) is 9.13. The summed E-state index contributed by atoms with van der Waals surface area (Å²) < 4.78 is 5.97. The van der Waals surface area contributed by atoms with Gasteiger partial charge in [-0.05, 0) is 31.0 Å². The number of rotatable bonds is 5. The minimum atomic E-state index is -0.0813. The summed E-state index contributed by atoms with van der Waals surface area (Å²) in [6.07, 6.45) is 0.751. The molecule has 1 aromatic heterocycles. The smallest absolute Gasteiger partial charge is 0.150 e. The van der Waals surface area contributed by atoms with Crippen LogP contribution in [-0.4, -0.2) is 4.98 Å². The zero-order valence-corrected chi connectivity index (χ0v) is 13.1. The molecule has 0 aliphatic heterocycles. The third kappa shape index (κ3) is 3.62. The normalized spacial score (nSPS) is 12.4. The van der Waals surface area contributed by atoms with Gasteiger partial charge in [-0.15, -0.1) is 22.9 Å². The summed E-state index contributed by atoms with van der Waals surface area (Å²) in [4.78, 5) is 4.46. The average molecular weight is 316 g/mol. The molecule has 0 radical (unpaired) electrons. The number of nitrogens with zero attached hydrogens (tertiary/aromatic N) is 1. The highest BCUT2D eigenvalue weighted by Gasteiger charge is 2.16. The number of halogens is 2. The second-order valence-corrected chi connectivity index (χ2v) is 5.82. The van der Waals surface area contributed by atoms with E-state index in [1.807, 2.05) is 30.5 Å². The lowest BCUT2D eigenvalue weighted by Crippen LogP contribution is -2.06. The molecule has 0 amide bonds. The van der Waals surface area contributed by atoms with Gasteiger partial charge < -0.3 is 4.74 Å². The lowest BCUT2D eigenvalue weighted by Gasteiger charge is -2.16. The van der Waals surface area contributed by atoms with E-state index in [4.69, 9.17) is 27.9 Å². The number of thiazole rings is 1. The van der Waals surface area contributed by atoms with E-state index in [1.54, 1.807) is 11.3 Å². The molecule has 1 atom stereocenters. The summed E-state index contributed by atoms with van der Waals surface area (Å²) in [5, 5.41) is 3.54. The Hall–Kier alpha value is -0.770. The van der Waals surface area contributed by atoms with Crippen LogP contribution >= 0.6 is 34.5 Å². The van der Waals surface area contributed by atoms with Crippen molar-refractivity contribution in [2.24, 2.45) is 0 Å². The van der Waals surface area contributed by atoms with Gasteiger partial charge in [0, 0.05) is 5.38 Å². The fourth-order valence-corrected chi connectivity index (χ4v) is 3.13. The van der Waals surface area contributed by atoms with Gasteiger partial charge in [-0.3, -0.25) is 0 Å². The van der Waals surface area contributed by atoms with E-state index in [9.17, 15) is 0 Å². The minimum Gasteiger partial charge on any atom is -0.482 e. The summed E-state index contributed by atoms with van der Waals surface area (Å²) in [7, 11) is 0. The highest BCUT2D eigenvalue weighted by atomic mass is 35.5. The van der Waals surface area contributed by atoms with Gasteiger partial charge in [0.05, 0.1) is 16.6 Å². The van der Waals surface area contributed by atoms with Crippen LogP contribution < -0.4 is 4.74 Å². The predicted molar refractivity (Wildman–Crippen MR) is 81.5 cm³/mol. The lowest BCUT2D eigenvalue weighted by molar-refractivity contribution is 0.201. The third-order valence-corrected chi connectivity index (χ3v) is 4.26. The Kier molecular flexibility index (Phi) is 5.08. The van der Waals surface area contributed by atoms with E-state index in [1.165, 1.54) is 0 Å². The van der Waals surface area contributed by atoms with Crippen molar-refractivity contribution >= 4 is 34.5 Å². The minimum absolute atomic E-state index is 0.0813. The fourth-order valence-electron chi connectivity index (χ4n) is 1.69. The Morgan fingerprint density at radius 2 is 2.21 bits per heavy atom. The van der Waals surface area contributed by atoms with E-state index in [0.717, 1.165) is 22.7 Å². The van der Waals surface area contributed by atoms with Crippen molar-refractivity contribution in [3.63, 3.8) is 0 Å². The van der Waals surface area contributed by atoms with Crippen LogP contribution in [0.1, 0.15) is 35.7 Å². The van der Waals surface area contributed by atoms with E-state index < -0.39 is 0 Å². The second kappa shape index (κ2) is 6.60. The molecule has 0 bridgehead atoms. The topological polar surface area (TPSA) is 22.1 Å². The van der Waals surface area contributed by atoms with Crippen LogP contribution in [0, 0.1) is 6.92 Å². The molecule has 0 aliphatic rings. The van der Waals surface area contributed by atoms with E-state index >= 15 is 0 Å². The van der Waals surface area contributed by atoms with E-state index in [-0.39, 0.29) is 6.10 Å². The first-order valence-corrected chi connectivity index (χ1v) is 7.86. The SMILES string of the molecule is CCC(Oc1ccc(C)cc1Cl)c1nc(CCl)cs1. The summed E-state index contributed by atoms with van der Waals surface area (Å²) in [5.74, 6) is 1.12. The Bertz CT molecular complexity index is 556. The van der Waals surface area contributed by atoms with Crippen molar-refractivity contribution in [2.75, 3.05) is 0 Å².